The Morgan fingerprint density at radius 1 is 1.19 bits per heavy atom. The number of nitrogens with one attached hydrogen (secondary N) is 1. The predicted octanol–water partition coefficient (Wildman–Crippen LogP) is 3.78. The molecular weight excluding hydrogens is 262 g/mol. The van der Waals surface area contributed by atoms with Gasteiger partial charge in [-0.25, -0.2) is 4.79 Å². The lowest BCUT2D eigenvalue weighted by Gasteiger charge is -2.33. The normalized spacial score (nSPS) is 19.5. The molecule has 0 aliphatic heterocycles. The van der Waals surface area contributed by atoms with Crippen molar-refractivity contribution in [1.29, 1.82) is 0 Å². The van der Waals surface area contributed by atoms with Crippen molar-refractivity contribution in [2.75, 3.05) is 6.61 Å². The van der Waals surface area contributed by atoms with Crippen molar-refractivity contribution in [2.24, 2.45) is 0 Å². The molecule has 21 heavy (non-hydrogen) atoms. The molecule has 1 aromatic rings. The van der Waals surface area contributed by atoms with Crippen molar-refractivity contribution in [3.63, 3.8) is 0 Å². The van der Waals surface area contributed by atoms with Crippen LogP contribution in [0.1, 0.15) is 57.9 Å². The fraction of sp³-hybridized carbons (Fsp3) is 0.611. The summed E-state index contributed by atoms with van der Waals surface area (Å²) >= 11 is 0. The molecule has 1 aromatic carbocycles. The van der Waals surface area contributed by atoms with E-state index in [4.69, 9.17) is 4.74 Å². The Labute approximate surface area is 128 Å². The van der Waals surface area contributed by atoms with E-state index in [9.17, 15) is 4.79 Å². The highest BCUT2D eigenvalue weighted by Crippen LogP contribution is 2.27. The smallest absolute Gasteiger partial charge is 0.330 e. The van der Waals surface area contributed by atoms with E-state index < -0.39 is 5.54 Å². The Kier molecular flexibility index (Phi) is 5.80. The van der Waals surface area contributed by atoms with Crippen molar-refractivity contribution in [1.82, 2.24) is 5.32 Å². The average Bonchev–Trinajstić information content (AvgIpc) is 2.77. The van der Waals surface area contributed by atoms with Gasteiger partial charge in [-0.2, -0.15) is 0 Å². The molecule has 0 radical (unpaired) electrons. The third-order valence-corrected chi connectivity index (χ3v) is 4.38. The Bertz CT molecular complexity index is 438. The minimum Gasteiger partial charge on any atom is -0.464 e. The summed E-state index contributed by atoms with van der Waals surface area (Å²) in [5.74, 6) is -0.180. The third kappa shape index (κ3) is 4.07. The van der Waals surface area contributed by atoms with Crippen LogP contribution >= 0.6 is 0 Å². The van der Waals surface area contributed by atoms with Crippen molar-refractivity contribution in [3.05, 3.63) is 35.9 Å². The maximum atomic E-state index is 12.5. The first-order valence-electron chi connectivity index (χ1n) is 8.17. The molecule has 1 fully saturated rings. The first-order chi connectivity index (χ1) is 10.2. The monoisotopic (exact) mass is 289 g/mol. The van der Waals surface area contributed by atoms with Crippen molar-refractivity contribution in [2.45, 2.75) is 64.0 Å². The van der Waals surface area contributed by atoms with Gasteiger partial charge in [-0.3, -0.25) is 5.32 Å². The molecule has 3 nitrogen and oxygen atoms in total. The minimum absolute atomic E-state index is 0.180. The highest BCUT2D eigenvalue weighted by atomic mass is 16.5. The molecule has 0 saturated heterocycles. The SMILES string of the molecule is CCOC(=O)C(C)(NC1CCCCCC1)c1ccccc1. The number of benzene rings is 1. The second-order valence-electron chi connectivity index (χ2n) is 6.04. The summed E-state index contributed by atoms with van der Waals surface area (Å²) in [5.41, 5.74) is 0.222. The molecule has 0 bridgehead atoms. The highest BCUT2D eigenvalue weighted by molar-refractivity contribution is 5.82. The van der Waals surface area contributed by atoms with Crippen LogP contribution in [0.2, 0.25) is 0 Å². The Hall–Kier alpha value is -1.35. The van der Waals surface area contributed by atoms with E-state index in [0.717, 1.165) is 18.4 Å². The number of hydrogen-bond donors (Lipinski definition) is 1. The fourth-order valence-corrected chi connectivity index (χ4v) is 3.14. The number of ether oxygens (including phenoxy) is 1. The lowest BCUT2D eigenvalue weighted by Crippen LogP contribution is -2.52. The number of carbonyl (C=O) groups is 1. The number of carbonyl (C=O) groups excluding carboxylic acids is 1. The van der Waals surface area contributed by atoms with Crippen LogP contribution in [0.3, 0.4) is 0 Å². The Balaban J connectivity index is 2.21. The molecule has 1 aliphatic rings. The summed E-state index contributed by atoms with van der Waals surface area (Å²) in [7, 11) is 0. The molecule has 1 N–H and O–H groups in total. The zero-order chi connectivity index (χ0) is 15.1. The van der Waals surface area contributed by atoms with Gasteiger partial charge in [0.15, 0.2) is 0 Å². The van der Waals surface area contributed by atoms with E-state index in [2.05, 4.69) is 5.32 Å². The second-order valence-corrected chi connectivity index (χ2v) is 6.04. The van der Waals surface area contributed by atoms with Crippen molar-refractivity contribution < 1.29 is 9.53 Å². The van der Waals surface area contributed by atoms with E-state index in [1.54, 1.807) is 0 Å². The zero-order valence-electron chi connectivity index (χ0n) is 13.2. The molecule has 1 unspecified atom stereocenters. The maximum Gasteiger partial charge on any atom is 0.330 e. The molecule has 0 aromatic heterocycles. The van der Waals surface area contributed by atoms with E-state index in [1.165, 1.54) is 25.7 Å². The van der Waals surface area contributed by atoms with Gasteiger partial charge in [0.1, 0.15) is 5.54 Å². The molecule has 0 amide bonds. The van der Waals surface area contributed by atoms with Crippen molar-refractivity contribution >= 4 is 5.97 Å². The molecule has 0 heterocycles. The first kappa shape index (κ1) is 16.0. The lowest BCUT2D eigenvalue weighted by atomic mass is 9.90. The van der Waals surface area contributed by atoms with E-state index in [0.29, 0.717) is 12.6 Å². The fourth-order valence-electron chi connectivity index (χ4n) is 3.14. The van der Waals surface area contributed by atoms with Gasteiger partial charge in [0.2, 0.25) is 0 Å². The first-order valence-corrected chi connectivity index (χ1v) is 8.17. The van der Waals surface area contributed by atoms with Gasteiger partial charge in [0.25, 0.3) is 0 Å². The molecule has 116 valence electrons. The van der Waals surface area contributed by atoms with Crippen LogP contribution in [0.4, 0.5) is 0 Å². The van der Waals surface area contributed by atoms with Crippen LogP contribution in [0, 0.1) is 0 Å². The molecule has 3 heteroatoms. The number of rotatable bonds is 5. The number of hydrogen-bond acceptors (Lipinski definition) is 3. The van der Waals surface area contributed by atoms with Gasteiger partial charge in [-0.15, -0.1) is 0 Å². The lowest BCUT2D eigenvalue weighted by molar-refractivity contribution is -0.151. The maximum absolute atomic E-state index is 12.5. The van der Waals surface area contributed by atoms with Crippen LogP contribution in [0.25, 0.3) is 0 Å². The third-order valence-electron chi connectivity index (χ3n) is 4.38. The summed E-state index contributed by atoms with van der Waals surface area (Å²) in [6.07, 6.45) is 7.37. The molecule has 1 atom stereocenters. The van der Waals surface area contributed by atoms with E-state index in [-0.39, 0.29) is 5.97 Å². The Morgan fingerprint density at radius 2 is 1.81 bits per heavy atom. The molecule has 2 rings (SSSR count). The summed E-state index contributed by atoms with van der Waals surface area (Å²) in [6, 6.07) is 10.3. The van der Waals surface area contributed by atoms with Crippen LogP contribution in [0.5, 0.6) is 0 Å². The zero-order valence-corrected chi connectivity index (χ0v) is 13.2. The van der Waals surface area contributed by atoms with Crippen molar-refractivity contribution in [3.8, 4) is 0 Å². The molecule has 1 aliphatic carbocycles. The topological polar surface area (TPSA) is 38.3 Å². The van der Waals surface area contributed by atoms with Crippen LogP contribution in [0.15, 0.2) is 30.3 Å². The molecule has 0 spiro atoms. The van der Waals surface area contributed by atoms with Gasteiger partial charge in [-0.1, -0.05) is 56.0 Å². The van der Waals surface area contributed by atoms with E-state index >= 15 is 0 Å². The highest BCUT2D eigenvalue weighted by Gasteiger charge is 2.38. The van der Waals surface area contributed by atoms with Gasteiger partial charge >= 0.3 is 5.97 Å². The van der Waals surface area contributed by atoms with Gasteiger partial charge < -0.3 is 4.74 Å². The Morgan fingerprint density at radius 3 is 2.38 bits per heavy atom. The summed E-state index contributed by atoms with van der Waals surface area (Å²) in [6.45, 7) is 4.22. The van der Waals surface area contributed by atoms with Crippen LogP contribution in [-0.2, 0) is 15.1 Å². The van der Waals surface area contributed by atoms with Gasteiger partial charge in [-0.05, 0) is 32.3 Å². The molecule has 1 saturated carbocycles. The quantitative estimate of drug-likeness (QED) is 0.662. The minimum atomic E-state index is -0.758. The number of esters is 1. The van der Waals surface area contributed by atoms with Crippen LogP contribution < -0.4 is 5.32 Å². The van der Waals surface area contributed by atoms with Gasteiger partial charge in [0, 0.05) is 6.04 Å². The van der Waals surface area contributed by atoms with Crippen LogP contribution in [-0.4, -0.2) is 18.6 Å². The average molecular weight is 289 g/mol. The second kappa shape index (κ2) is 7.60. The summed E-state index contributed by atoms with van der Waals surface area (Å²) < 4.78 is 5.33. The standard InChI is InChI=1S/C18H27NO2/c1-3-21-17(20)18(2,15-11-7-6-8-12-15)19-16-13-9-4-5-10-14-16/h6-8,11-12,16,19H,3-5,9-10,13-14H2,1-2H3. The predicted molar refractivity (Wildman–Crippen MR) is 85.1 cm³/mol. The summed E-state index contributed by atoms with van der Waals surface area (Å²) in [5, 5.41) is 3.60. The van der Waals surface area contributed by atoms with Gasteiger partial charge in [0.05, 0.1) is 6.61 Å². The van der Waals surface area contributed by atoms with E-state index in [1.807, 2.05) is 44.2 Å². The largest absolute Gasteiger partial charge is 0.464 e. The summed E-state index contributed by atoms with van der Waals surface area (Å²) in [4.78, 5) is 12.5. The molecular formula is C18H27NO2.